The smallest absolute Gasteiger partial charge is 0.127 e. The molecular formula is C25H25NO. The Balaban J connectivity index is 1.56. The lowest BCUT2D eigenvalue weighted by molar-refractivity contribution is 0.219. The van der Waals surface area contributed by atoms with Gasteiger partial charge in [0.2, 0.25) is 0 Å². The van der Waals surface area contributed by atoms with E-state index >= 15 is 0 Å². The molecule has 136 valence electrons. The highest BCUT2D eigenvalue weighted by Crippen LogP contribution is 2.31. The van der Waals surface area contributed by atoms with E-state index in [9.17, 15) is 5.11 Å². The summed E-state index contributed by atoms with van der Waals surface area (Å²) in [6.45, 7) is 3.08. The van der Waals surface area contributed by atoms with E-state index in [0.717, 1.165) is 48.0 Å². The maximum Gasteiger partial charge on any atom is 0.127 e. The second kappa shape index (κ2) is 8.29. The van der Waals surface area contributed by atoms with E-state index < -0.39 is 0 Å². The van der Waals surface area contributed by atoms with Gasteiger partial charge in [0.05, 0.1) is 0 Å². The van der Waals surface area contributed by atoms with Crippen LogP contribution in [0.5, 0.6) is 5.75 Å². The Bertz CT molecular complexity index is 976. The SMILES string of the molecule is Oc1c(CN2CCCCC2)ccc2ccc(C#CCc3ccccc3)cc12. The van der Waals surface area contributed by atoms with Gasteiger partial charge in [-0.05, 0) is 49.0 Å². The zero-order valence-corrected chi connectivity index (χ0v) is 15.6. The van der Waals surface area contributed by atoms with Crippen LogP contribution in [0.25, 0.3) is 10.8 Å². The van der Waals surface area contributed by atoms with Crippen LogP contribution in [0.1, 0.15) is 36.0 Å². The normalized spacial score (nSPS) is 14.7. The van der Waals surface area contributed by atoms with E-state index in [1.165, 1.54) is 24.8 Å². The molecule has 27 heavy (non-hydrogen) atoms. The van der Waals surface area contributed by atoms with Gasteiger partial charge in [0.15, 0.2) is 0 Å². The van der Waals surface area contributed by atoms with Gasteiger partial charge in [0.1, 0.15) is 5.75 Å². The van der Waals surface area contributed by atoms with Gasteiger partial charge < -0.3 is 5.11 Å². The molecule has 0 spiro atoms. The van der Waals surface area contributed by atoms with Crippen molar-refractivity contribution in [2.75, 3.05) is 13.1 Å². The van der Waals surface area contributed by atoms with E-state index in [0.29, 0.717) is 5.75 Å². The summed E-state index contributed by atoms with van der Waals surface area (Å²) in [7, 11) is 0. The van der Waals surface area contributed by atoms with Gasteiger partial charge in [-0.3, -0.25) is 4.90 Å². The molecule has 2 heteroatoms. The van der Waals surface area contributed by atoms with E-state index in [4.69, 9.17) is 0 Å². The van der Waals surface area contributed by atoms with Crippen molar-refractivity contribution >= 4 is 10.8 Å². The van der Waals surface area contributed by atoms with Gasteiger partial charge in [0.25, 0.3) is 0 Å². The summed E-state index contributed by atoms with van der Waals surface area (Å²) in [5, 5.41) is 12.8. The number of likely N-dealkylation sites (tertiary alicyclic amines) is 1. The van der Waals surface area contributed by atoms with Crippen molar-refractivity contribution in [1.29, 1.82) is 0 Å². The zero-order valence-electron chi connectivity index (χ0n) is 15.6. The Hall–Kier alpha value is -2.76. The number of benzene rings is 3. The first-order valence-corrected chi connectivity index (χ1v) is 9.79. The molecule has 4 rings (SSSR count). The van der Waals surface area contributed by atoms with Crippen molar-refractivity contribution in [1.82, 2.24) is 4.90 Å². The van der Waals surface area contributed by atoms with Gasteiger partial charge >= 0.3 is 0 Å². The molecule has 3 aromatic carbocycles. The number of phenols is 1. The molecule has 0 radical (unpaired) electrons. The molecule has 0 saturated carbocycles. The van der Waals surface area contributed by atoms with Crippen molar-refractivity contribution in [3.63, 3.8) is 0 Å². The molecule has 0 bridgehead atoms. The Labute approximate surface area is 161 Å². The standard InChI is InChI=1S/C25H25NO/c27-25-23(19-26-16-5-2-6-17-26)15-14-22-13-12-21(18-24(22)25)11-7-10-20-8-3-1-4-9-20/h1,3-4,8-9,12-15,18,27H,2,5-6,10,16-17,19H2. The average molecular weight is 355 g/mol. The van der Waals surface area contributed by atoms with Crippen molar-refractivity contribution < 1.29 is 5.11 Å². The molecule has 1 saturated heterocycles. The minimum atomic E-state index is 0.407. The van der Waals surface area contributed by atoms with Gasteiger partial charge in [-0.1, -0.05) is 66.8 Å². The third-order valence-electron chi connectivity index (χ3n) is 5.29. The minimum absolute atomic E-state index is 0.407. The maximum atomic E-state index is 10.8. The molecule has 1 aliphatic heterocycles. The quantitative estimate of drug-likeness (QED) is 0.659. The minimum Gasteiger partial charge on any atom is -0.507 e. The number of hydrogen-bond donors (Lipinski definition) is 1. The predicted molar refractivity (Wildman–Crippen MR) is 112 cm³/mol. The van der Waals surface area contributed by atoms with Crippen LogP contribution in [0.4, 0.5) is 0 Å². The molecule has 0 aliphatic carbocycles. The number of piperidine rings is 1. The molecule has 0 aromatic heterocycles. The summed E-state index contributed by atoms with van der Waals surface area (Å²) in [5.41, 5.74) is 3.18. The number of aromatic hydroxyl groups is 1. The van der Waals surface area contributed by atoms with Crippen LogP contribution in [-0.4, -0.2) is 23.1 Å². The van der Waals surface area contributed by atoms with Crippen LogP contribution in [0.15, 0.2) is 60.7 Å². The number of nitrogens with zero attached hydrogens (tertiary/aromatic N) is 1. The van der Waals surface area contributed by atoms with Crippen LogP contribution >= 0.6 is 0 Å². The third kappa shape index (κ3) is 4.32. The van der Waals surface area contributed by atoms with Gasteiger partial charge in [-0.2, -0.15) is 0 Å². The summed E-state index contributed by atoms with van der Waals surface area (Å²) < 4.78 is 0. The molecule has 0 atom stereocenters. The van der Waals surface area contributed by atoms with Crippen molar-refractivity contribution in [2.45, 2.75) is 32.2 Å². The molecule has 1 heterocycles. The highest BCUT2D eigenvalue weighted by Gasteiger charge is 2.14. The highest BCUT2D eigenvalue weighted by molar-refractivity contribution is 5.90. The van der Waals surface area contributed by atoms with E-state index in [-0.39, 0.29) is 0 Å². The van der Waals surface area contributed by atoms with Crippen molar-refractivity contribution in [3.05, 3.63) is 77.4 Å². The summed E-state index contributed by atoms with van der Waals surface area (Å²) in [5.74, 6) is 6.89. The predicted octanol–water partition coefficient (Wildman–Crippen LogP) is 5.13. The van der Waals surface area contributed by atoms with E-state index in [1.54, 1.807) is 0 Å². The van der Waals surface area contributed by atoms with Crippen LogP contribution in [0.2, 0.25) is 0 Å². The Morgan fingerprint density at radius 3 is 2.48 bits per heavy atom. The van der Waals surface area contributed by atoms with Crippen LogP contribution in [-0.2, 0) is 13.0 Å². The fourth-order valence-corrected chi connectivity index (χ4v) is 3.76. The number of phenolic OH excluding ortho intramolecular Hbond substituents is 1. The first-order valence-electron chi connectivity index (χ1n) is 9.79. The molecule has 0 amide bonds. The maximum absolute atomic E-state index is 10.8. The topological polar surface area (TPSA) is 23.5 Å². The Morgan fingerprint density at radius 2 is 1.67 bits per heavy atom. The molecule has 1 aliphatic rings. The van der Waals surface area contributed by atoms with Crippen molar-refractivity contribution in [3.8, 4) is 17.6 Å². The zero-order chi connectivity index (χ0) is 18.5. The largest absolute Gasteiger partial charge is 0.507 e. The molecular weight excluding hydrogens is 330 g/mol. The molecule has 3 aromatic rings. The molecule has 1 N–H and O–H groups in total. The van der Waals surface area contributed by atoms with Gasteiger partial charge in [-0.15, -0.1) is 0 Å². The van der Waals surface area contributed by atoms with Crippen LogP contribution < -0.4 is 0 Å². The highest BCUT2D eigenvalue weighted by atomic mass is 16.3. The third-order valence-corrected chi connectivity index (χ3v) is 5.29. The lowest BCUT2D eigenvalue weighted by Crippen LogP contribution is -2.29. The summed E-state index contributed by atoms with van der Waals surface area (Å²) in [6, 6.07) is 20.5. The second-order valence-electron chi connectivity index (χ2n) is 7.31. The monoisotopic (exact) mass is 355 g/mol. The molecule has 0 unspecified atom stereocenters. The first-order chi connectivity index (χ1) is 13.3. The summed E-state index contributed by atoms with van der Waals surface area (Å²) >= 11 is 0. The second-order valence-corrected chi connectivity index (χ2v) is 7.31. The van der Waals surface area contributed by atoms with Crippen molar-refractivity contribution in [2.24, 2.45) is 0 Å². The number of fused-ring (bicyclic) bond motifs is 1. The van der Waals surface area contributed by atoms with Crippen LogP contribution in [0.3, 0.4) is 0 Å². The lowest BCUT2D eigenvalue weighted by Gasteiger charge is -2.26. The van der Waals surface area contributed by atoms with Gasteiger partial charge in [0, 0.05) is 29.5 Å². The lowest BCUT2D eigenvalue weighted by atomic mass is 10.0. The fourth-order valence-electron chi connectivity index (χ4n) is 3.76. The van der Waals surface area contributed by atoms with E-state index in [2.05, 4.69) is 41.0 Å². The molecule has 1 fully saturated rings. The van der Waals surface area contributed by atoms with Gasteiger partial charge in [-0.25, -0.2) is 0 Å². The summed E-state index contributed by atoms with van der Waals surface area (Å²) in [4.78, 5) is 2.44. The molecule has 2 nitrogen and oxygen atoms in total. The van der Waals surface area contributed by atoms with E-state index in [1.807, 2.05) is 36.4 Å². The average Bonchev–Trinajstić information content (AvgIpc) is 2.72. The summed E-state index contributed by atoms with van der Waals surface area (Å²) in [6.07, 6.45) is 4.58. The fraction of sp³-hybridized carbons (Fsp3) is 0.280. The Kier molecular flexibility index (Phi) is 5.42. The Morgan fingerprint density at radius 1 is 0.889 bits per heavy atom. The number of rotatable bonds is 3. The number of hydrogen-bond acceptors (Lipinski definition) is 2. The van der Waals surface area contributed by atoms with Crippen LogP contribution in [0, 0.1) is 11.8 Å². The first kappa shape index (κ1) is 17.6.